The van der Waals surface area contributed by atoms with Crippen molar-refractivity contribution < 1.29 is 14.7 Å². The van der Waals surface area contributed by atoms with E-state index in [1.54, 1.807) is 0 Å². The zero-order valence-electron chi connectivity index (χ0n) is 17.1. The molecule has 1 amide bonds. The monoisotopic (exact) mass is 374 g/mol. The number of benzene rings is 1. The first-order valence-corrected chi connectivity index (χ1v) is 10.1. The van der Waals surface area contributed by atoms with Crippen molar-refractivity contribution >= 4 is 11.9 Å². The van der Waals surface area contributed by atoms with Gasteiger partial charge in [-0.05, 0) is 49.3 Å². The van der Waals surface area contributed by atoms with Crippen molar-refractivity contribution in [1.29, 1.82) is 0 Å². The van der Waals surface area contributed by atoms with Crippen LogP contribution >= 0.6 is 0 Å². The summed E-state index contributed by atoms with van der Waals surface area (Å²) in [5.74, 6) is 0.122. The Hall–Kier alpha value is -1.88. The number of rotatable bonds is 7. The number of aliphatic carboxylic acids is 1. The van der Waals surface area contributed by atoms with E-state index in [2.05, 4.69) is 45.0 Å². The molecule has 5 heteroatoms. The van der Waals surface area contributed by atoms with E-state index in [-0.39, 0.29) is 24.4 Å². The van der Waals surface area contributed by atoms with Crippen molar-refractivity contribution in [1.82, 2.24) is 9.80 Å². The maximum Gasteiger partial charge on any atom is 0.317 e. The molecule has 1 fully saturated rings. The molecule has 2 atom stereocenters. The van der Waals surface area contributed by atoms with Crippen LogP contribution in [0.2, 0.25) is 0 Å². The zero-order chi connectivity index (χ0) is 20.0. The molecule has 1 aromatic rings. The lowest BCUT2D eigenvalue weighted by Crippen LogP contribution is -2.37. The van der Waals surface area contributed by atoms with Gasteiger partial charge in [0.15, 0.2) is 0 Å². The van der Waals surface area contributed by atoms with Crippen molar-refractivity contribution in [2.24, 2.45) is 0 Å². The van der Waals surface area contributed by atoms with Gasteiger partial charge in [-0.25, -0.2) is 0 Å². The van der Waals surface area contributed by atoms with E-state index in [0.29, 0.717) is 18.9 Å². The molecule has 5 nitrogen and oxygen atoms in total. The lowest BCUT2D eigenvalue weighted by molar-refractivity contribution is -0.138. The average Bonchev–Trinajstić information content (AvgIpc) is 2.87. The van der Waals surface area contributed by atoms with Gasteiger partial charge in [-0.3, -0.25) is 14.5 Å². The normalized spacial score (nSPS) is 19.2. The number of carboxylic acid groups (broad SMARTS) is 1. The van der Waals surface area contributed by atoms with Gasteiger partial charge in [-0.15, -0.1) is 0 Å². The first-order chi connectivity index (χ1) is 12.8. The van der Waals surface area contributed by atoms with Gasteiger partial charge in [0.05, 0.1) is 6.54 Å². The highest BCUT2D eigenvalue weighted by molar-refractivity contribution is 5.77. The second-order valence-corrected chi connectivity index (χ2v) is 8.20. The predicted octanol–water partition coefficient (Wildman–Crippen LogP) is 3.70. The highest BCUT2D eigenvalue weighted by Gasteiger charge is 2.25. The summed E-state index contributed by atoms with van der Waals surface area (Å²) in [4.78, 5) is 27.6. The Kier molecular flexibility index (Phi) is 7.84. The predicted molar refractivity (Wildman–Crippen MR) is 108 cm³/mol. The van der Waals surface area contributed by atoms with Crippen LogP contribution in [0.1, 0.15) is 69.4 Å². The summed E-state index contributed by atoms with van der Waals surface area (Å²) in [7, 11) is 1.86. The number of carbonyl (C=O) groups is 2. The molecule has 0 saturated carbocycles. The number of likely N-dealkylation sites (N-methyl/N-ethyl adjacent to an activating group) is 1. The summed E-state index contributed by atoms with van der Waals surface area (Å²) in [6, 6.07) is 8.85. The number of carbonyl (C=O) groups excluding carboxylic acids is 1. The molecule has 1 N–H and O–H groups in total. The van der Waals surface area contributed by atoms with E-state index in [0.717, 1.165) is 25.8 Å². The van der Waals surface area contributed by atoms with Gasteiger partial charge in [0, 0.05) is 25.6 Å². The van der Waals surface area contributed by atoms with E-state index in [4.69, 9.17) is 5.11 Å². The van der Waals surface area contributed by atoms with Crippen LogP contribution in [-0.2, 0) is 9.59 Å². The minimum absolute atomic E-state index is 0.0576. The summed E-state index contributed by atoms with van der Waals surface area (Å²) >= 11 is 0. The van der Waals surface area contributed by atoms with E-state index in [1.807, 2.05) is 16.8 Å². The Balaban J connectivity index is 1.88. The molecule has 1 heterocycles. The third-order valence-electron chi connectivity index (χ3n) is 5.71. The van der Waals surface area contributed by atoms with E-state index >= 15 is 0 Å². The maximum absolute atomic E-state index is 12.8. The number of hydrogen-bond acceptors (Lipinski definition) is 3. The highest BCUT2D eigenvalue weighted by atomic mass is 16.4. The molecule has 150 valence electrons. The molecule has 1 aromatic carbocycles. The maximum atomic E-state index is 12.8. The second kappa shape index (κ2) is 9.88. The molecule has 2 unspecified atom stereocenters. The summed E-state index contributed by atoms with van der Waals surface area (Å²) in [6.07, 6.45) is 3.24. The molecule has 0 bridgehead atoms. The van der Waals surface area contributed by atoms with Gasteiger partial charge in [-0.2, -0.15) is 0 Å². The van der Waals surface area contributed by atoms with Gasteiger partial charge in [0.2, 0.25) is 5.91 Å². The number of amides is 1. The van der Waals surface area contributed by atoms with Crippen molar-refractivity contribution in [3.05, 3.63) is 35.4 Å². The Morgan fingerprint density at radius 2 is 1.74 bits per heavy atom. The van der Waals surface area contributed by atoms with E-state index in [1.165, 1.54) is 11.1 Å². The third kappa shape index (κ3) is 6.35. The summed E-state index contributed by atoms with van der Waals surface area (Å²) < 4.78 is 0. The van der Waals surface area contributed by atoms with Crippen LogP contribution in [-0.4, -0.2) is 59.5 Å². The van der Waals surface area contributed by atoms with E-state index in [9.17, 15) is 9.59 Å². The van der Waals surface area contributed by atoms with Crippen LogP contribution in [0.3, 0.4) is 0 Å². The minimum atomic E-state index is -0.799. The first-order valence-electron chi connectivity index (χ1n) is 10.1. The number of carboxylic acids is 1. The Labute approximate surface area is 163 Å². The van der Waals surface area contributed by atoms with Gasteiger partial charge in [0.1, 0.15) is 0 Å². The topological polar surface area (TPSA) is 60.9 Å². The Bertz CT molecular complexity index is 627. The summed E-state index contributed by atoms with van der Waals surface area (Å²) in [6.45, 7) is 8.03. The Morgan fingerprint density at radius 3 is 2.33 bits per heavy atom. The molecule has 1 aliphatic heterocycles. The van der Waals surface area contributed by atoms with Gasteiger partial charge in [-0.1, -0.05) is 45.0 Å². The van der Waals surface area contributed by atoms with Crippen molar-refractivity contribution in [3.8, 4) is 0 Å². The smallest absolute Gasteiger partial charge is 0.317 e. The summed E-state index contributed by atoms with van der Waals surface area (Å²) in [5, 5.41) is 8.97. The zero-order valence-corrected chi connectivity index (χ0v) is 17.1. The fourth-order valence-corrected chi connectivity index (χ4v) is 3.83. The molecule has 1 saturated heterocycles. The lowest BCUT2D eigenvalue weighted by atomic mass is 9.94. The first kappa shape index (κ1) is 21.4. The molecule has 0 spiro atoms. The van der Waals surface area contributed by atoms with Crippen LogP contribution in [0.15, 0.2) is 24.3 Å². The van der Waals surface area contributed by atoms with Crippen molar-refractivity contribution in [2.45, 2.75) is 64.3 Å². The molecule has 0 aromatic heterocycles. The second-order valence-electron chi connectivity index (χ2n) is 8.20. The van der Waals surface area contributed by atoms with Crippen molar-refractivity contribution in [2.75, 3.05) is 26.7 Å². The fourth-order valence-electron chi connectivity index (χ4n) is 3.83. The summed E-state index contributed by atoms with van der Waals surface area (Å²) in [5.41, 5.74) is 2.53. The number of nitrogens with zero attached hydrogens (tertiary/aromatic N) is 2. The molecular formula is C22H34N2O3. The van der Waals surface area contributed by atoms with Crippen LogP contribution in [0, 0.1) is 0 Å². The largest absolute Gasteiger partial charge is 0.480 e. The number of likely N-dealkylation sites (tertiary alicyclic amines) is 1. The SMILES string of the molecule is CC(C)c1ccc(C(C)CC(=O)N2CCCC(N(C)CC(=O)O)CC2)cc1. The Morgan fingerprint density at radius 1 is 1.11 bits per heavy atom. The quantitative estimate of drug-likeness (QED) is 0.790. The molecular weight excluding hydrogens is 340 g/mol. The lowest BCUT2D eigenvalue weighted by Gasteiger charge is -2.26. The fraction of sp³-hybridized carbons (Fsp3) is 0.636. The van der Waals surface area contributed by atoms with Crippen LogP contribution < -0.4 is 0 Å². The molecule has 0 radical (unpaired) electrons. The third-order valence-corrected chi connectivity index (χ3v) is 5.71. The van der Waals surface area contributed by atoms with Gasteiger partial charge in [0.25, 0.3) is 0 Å². The molecule has 0 aliphatic carbocycles. The van der Waals surface area contributed by atoms with Gasteiger partial charge >= 0.3 is 5.97 Å². The molecule has 2 rings (SSSR count). The number of hydrogen-bond donors (Lipinski definition) is 1. The van der Waals surface area contributed by atoms with E-state index < -0.39 is 5.97 Å². The average molecular weight is 375 g/mol. The van der Waals surface area contributed by atoms with Crippen molar-refractivity contribution in [3.63, 3.8) is 0 Å². The highest BCUT2D eigenvalue weighted by Crippen LogP contribution is 2.24. The minimum Gasteiger partial charge on any atom is -0.480 e. The molecule has 27 heavy (non-hydrogen) atoms. The standard InChI is InChI=1S/C22H34N2O3/c1-16(2)18-7-9-19(10-8-18)17(3)14-21(25)24-12-5-6-20(11-13-24)23(4)15-22(26)27/h7-10,16-17,20H,5-6,11-15H2,1-4H3,(H,26,27). The van der Waals surface area contributed by atoms with Crippen LogP contribution in [0.25, 0.3) is 0 Å². The van der Waals surface area contributed by atoms with Crippen LogP contribution in [0.5, 0.6) is 0 Å². The van der Waals surface area contributed by atoms with Crippen LogP contribution in [0.4, 0.5) is 0 Å². The van der Waals surface area contributed by atoms with Gasteiger partial charge < -0.3 is 10.0 Å². The molecule has 1 aliphatic rings.